The summed E-state index contributed by atoms with van der Waals surface area (Å²) >= 11 is 2.03. The summed E-state index contributed by atoms with van der Waals surface area (Å²) in [4.78, 5) is 0. The Morgan fingerprint density at radius 1 is 1.00 bits per heavy atom. The van der Waals surface area contributed by atoms with Gasteiger partial charge in [-0.2, -0.15) is 0 Å². The Morgan fingerprint density at radius 3 is 2.17 bits per heavy atom. The number of nitrogens with two attached hydrogens (primary N) is 1. The van der Waals surface area contributed by atoms with E-state index in [9.17, 15) is 13.2 Å². The van der Waals surface area contributed by atoms with Crippen LogP contribution in [0.1, 0.15) is 0 Å². The molecule has 0 bridgehead atoms. The summed E-state index contributed by atoms with van der Waals surface area (Å²) in [6.07, 6.45) is 0. The van der Waals surface area contributed by atoms with Gasteiger partial charge in [0.1, 0.15) is 0 Å². The number of hydrogen-bond donors (Lipinski definition) is 2. The third-order valence-electron chi connectivity index (χ3n) is 2.26. The summed E-state index contributed by atoms with van der Waals surface area (Å²) in [7, 11) is 0. The molecule has 6 heteroatoms. The van der Waals surface area contributed by atoms with Crippen molar-refractivity contribution in [2.75, 3.05) is 11.1 Å². The highest BCUT2D eigenvalue weighted by molar-refractivity contribution is 14.1. The minimum Gasteiger partial charge on any atom is -0.399 e. The van der Waals surface area contributed by atoms with Crippen LogP contribution in [-0.2, 0) is 0 Å². The number of rotatable bonds is 2. The van der Waals surface area contributed by atoms with Crippen molar-refractivity contribution >= 4 is 39.7 Å². The second-order valence-corrected chi connectivity index (χ2v) is 4.78. The van der Waals surface area contributed by atoms with Crippen molar-refractivity contribution in [1.29, 1.82) is 0 Å². The van der Waals surface area contributed by atoms with Gasteiger partial charge >= 0.3 is 0 Å². The first kappa shape index (κ1) is 13.0. The molecule has 0 fully saturated rings. The average molecular weight is 364 g/mol. The second kappa shape index (κ2) is 5.05. The summed E-state index contributed by atoms with van der Waals surface area (Å²) in [5.74, 6) is -3.95. The summed E-state index contributed by atoms with van der Waals surface area (Å²) in [6, 6.07) is 6.83. The average Bonchev–Trinajstić information content (AvgIpc) is 2.29. The van der Waals surface area contributed by atoms with Crippen molar-refractivity contribution in [1.82, 2.24) is 0 Å². The quantitative estimate of drug-likeness (QED) is 0.480. The van der Waals surface area contributed by atoms with Gasteiger partial charge in [0.2, 0.25) is 0 Å². The van der Waals surface area contributed by atoms with E-state index in [0.717, 1.165) is 15.7 Å². The molecule has 0 unspecified atom stereocenters. The molecule has 0 aliphatic heterocycles. The summed E-state index contributed by atoms with van der Waals surface area (Å²) in [5.41, 5.74) is 6.94. The zero-order valence-electron chi connectivity index (χ0n) is 8.98. The van der Waals surface area contributed by atoms with E-state index in [4.69, 9.17) is 5.73 Å². The maximum atomic E-state index is 13.0. The van der Waals surface area contributed by atoms with Gasteiger partial charge in [0.25, 0.3) is 0 Å². The van der Waals surface area contributed by atoms with E-state index in [0.29, 0.717) is 11.4 Å². The van der Waals surface area contributed by atoms with E-state index in [1.54, 1.807) is 18.2 Å². The van der Waals surface area contributed by atoms with E-state index in [1.807, 2.05) is 22.6 Å². The van der Waals surface area contributed by atoms with Crippen LogP contribution in [0.5, 0.6) is 0 Å². The molecule has 0 heterocycles. The molecule has 0 amide bonds. The molecule has 0 aliphatic carbocycles. The lowest BCUT2D eigenvalue weighted by Crippen LogP contribution is -1.98. The van der Waals surface area contributed by atoms with Gasteiger partial charge < -0.3 is 11.1 Å². The molecule has 2 aromatic carbocycles. The summed E-state index contributed by atoms with van der Waals surface area (Å²) in [5, 5.41) is 2.80. The predicted molar refractivity (Wildman–Crippen MR) is 73.2 cm³/mol. The van der Waals surface area contributed by atoms with Crippen LogP contribution in [0.25, 0.3) is 0 Å². The van der Waals surface area contributed by atoms with Gasteiger partial charge in [-0.3, -0.25) is 0 Å². The van der Waals surface area contributed by atoms with Gasteiger partial charge in [-0.1, -0.05) is 0 Å². The first-order chi connectivity index (χ1) is 8.47. The van der Waals surface area contributed by atoms with Crippen molar-refractivity contribution < 1.29 is 13.2 Å². The normalized spacial score (nSPS) is 10.4. The van der Waals surface area contributed by atoms with Crippen molar-refractivity contribution in [3.8, 4) is 0 Å². The Balaban J connectivity index is 2.34. The number of benzene rings is 2. The number of nitrogen functional groups attached to an aromatic ring is 1. The van der Waals surface area contributed by atoms with Crippen molar-refractivity contribution in [3.63, 3.8) is 0 Å². The Hall–Kier alpha value is -1.44. The second-order valence-electron chi connectivity index (χ2n) is 3.62. The molecule has 0 spiro atoms. The Kier molecular flexibility index (Phi) is 3.65. The number of nitrogens with one attached hydrogen (secondary N) is 1. The molecule has 0 radical (unpaired) electrons. The van der Waals surface area contributed by atoms with Gasteiger partial charge in [-0.25, -0.2) is 13.2 Å². The van der Waals surface area contributed by atoms with Gasteiger partial charge in [-0.15, -0.1) is 0 Å². The van der Waals surface area contributed by atoms with E-state index in [1.165, 1.54) is 0 Å². The Labute approximate surface area is 115 Å². The number of halogens is 4. The van der Waals surface area contributed by atoms with Crippen LogP contribution in [0.2, 0.25) is 0 Å². The molecule has 0 saturated carbocycles. The Bertz CT molecular complexity index is 579. The van der Waals surface area contributed by atoms with Crippen LogP contribution in [-0.4, -0.2) is 0 Å². The van der Waals surface area contributed by atoms with E-state index < -0.39 is 17.5 Å². The molecule has 2 rings (SSSR count). The minimum absolute atomic E-state index is 0.133. The van der Waals surface area contributed by atoms with Crippen molar-refractivity contribution in [2.45, 2.75) is 0 Å². The lowest BCUT2D eigenvalue weighted by atomic mass is 10.2. The Morgan fingerprint density at radius 2 is 1.61 bits per heavy atom. The molecule has 2 nitrogen and oxygen atoms in total. The fourth-order valence-electron chi connectivity index (χ4n) is 1.42. The standard InChI is InChI=1S/C12H8F3IN2/c13-8-4-7(5-9(14)12(8)15)18-11-2-1-6(17)3-10(11)16/h1-5,18H,17H2. The molecule has 0 aromatic heterocycles. The zero-order valence-corrected chi connectivity index (χ0v) is 11.1. The summed E-state index contributed by atoms with van der Waals surface area (Å²) < 4.78 is 39.6. The van der Waals surface area contributed by atoms with Gasteiger partial charge in [-0.05, 0) is 40.8 Å². The monoisotopic (exact) mass is 364 g/mol. The lowest BCUT2D eigenvalue weighted by molar-refractivity contribution is 0.448. The van der Waals surface area contributed by atoms with E-state index in [-0.39, 0.29) is 5.69 Å². The van der Waals surface area contributed by atoms with Gasteiger partial charge in [0.15, 0.2) is 17.5 Å². The molecule has 0 saturated heterocycles. The van der Waals surface area contributed by atoms with Crippen LogP contribution in [0.15, 0.2) is 30.3 Å². The third-order valence-corrected chi connectivity index (χ3v) is 3.15. The van der Waals surface area contributed by atoms with Crippen LogP contribution >= 0.6 is 22.6 Å². The van der Waals surface area contributed by atoms with Crippen molar-refractivity contribution in [2.24, 2.45) is 0 Å². The maximum absolute atomic E-state index is 13.0. The first-order valence-corrected chi connectivity index (χ1v) is 6.02. The molecular weight excluding hydrogens is 356 g/mol. The minimum atomic E-state index is -1.48. The van der Waals surface area contributed by atoms with Crippen LogP contribution in [0, 0.1) is 21.0 Å². The zero-order chi connectivity index (χ0) is 13.3. The summed E-state index contributed by atoms with van der Waals surface area (Å²) in [6.45, 7) is 0. The third kappa shape index (κ3) is 2.69. The maximum Gasteiger partial charge on any atom is 0.194 e. The molecule has 0 atom stereocenters. The highest BCUT2D eigenvalue weighted by Gasteiger charge is 2.11. The lowest BCUT2D eigenvalue weighted by Gasteiger charge is -2.10. The smallest absolute Gasteiger partial charge is 0.194 e. The fourth-order valence-corrected chi connectivity index (χ4v) is 2.09. The van der Waals surface area contributed by atoms with Crippen LogP contribution in [0.3, 0.4) is 0 Å². The largest absolute Gasteiger partial charge is 0.399 e. The predicted octanol–water partition coefficient (Wildman–Crippen LogP) is 4.03. The van der Waals surface area contributed by atoms with Gasteiger partial charge in [0.05, 0.1) is 5.69 Å². The molecule has 18 heavy (non-hydrogen) atoms. The highest BCUT2D eigenvalue weighted by atomic mass is 127. The van der Waals surface area contributed by atoms with Crippen LogP contribution < -0.4 is 11.1 Å². The first-order valence-electron chi connectivity index (χ1n) is 4.94. The molecule has 2 aromatic rings. The van der Waals surface area contributed by atoms with Crippen molar-refractivity contribution in [3.05, 3.63) is 51.4 Å². The van der Waals surface area contributed by atoms with E-state index >= 15 is 0 Å². The molecular formula is C12H8F3IN2. The molecule has 94 valence electrons. The van der Waals surface area contributed by atoms with E-state index in [2.05, 4.69) is 5.32 Å². The molecule has 0 aliphatic rings. The fraction of sp³-hybridized carbons (Fsp3) is 0. The highest BCUT2D eigenvalue weighted by Crippen LogP contribution is 2.26. The topological polar surface area (TPSA) is 38.0 Å². The SMILES string of the molecule is Nc1ccc(Nc2cc(F)c(F)c(F)c2)c(I)c1. The van der Waals surface area contributed by atoms with Gasteiger partial charge in [0, 0.05) is 27.1 Å². The van der Waals surface area contributed by atoms with Crippen LogP contribution in [0.4, 0.5) is 30.2 Å². The number of hydrogen-bond acceptors (Lipinski definition) is 2. The number of anilines is 3. The molecule has 3 N–H and O–H groups in total.